The molecule has 120 valence electrons. The van der Waals surface area contributed by atoms with E-state index in [9.17, 15) is 14.0 Å². The molecule has 2 aromatic rings. The fraction of sp³-hybridized carbons (Fsp3) is 0.222. The van der Waals surface area contributed by atoms with Gasteiger partial charge in [0.1, 0.15) is 12.4 Å². The lowest BCUT2D eigenvalue weighted by Gasteiger charge is -2.23. The van der Waals surface area contributed by atoms with Crippen LogP contribution >= 0.6 is 0 Å². The van der Waals surface area contributed by atoms with Crippen molar-refractivity contribution in [1.82, 2.24) is 0 Å². The molecule has 0 aromatic heterocycles. The second-order valence-corrected chi connectivity index (χ2v) is 5.38. The number of carbonyl (C=O) groups excluding carboxylic acids is 2. The third-order valence-electron chi connectivity index (χ3n) is 3.68. The molecule has 23 heavy (non-hydrogen) atoms. The average Bonchev–Trinajstić information content (AvgIpc) is 2.50. The lowest BCUT2D eigenvalue weighted by atomic mass is 10.1. The Morgan fingerprint density at radius 3 is 2.35 bits per heavy atom. The van der Waals surface area contributed by atoms with E-state index in [4.69, 9.17) is 0 Å². The number of halogens is 1. The van der Waals surface area contributed by atoms with E-state index < -0.39 is 0 Å². The smallest absolute Gasteiger partial charge is 0.244 e. The lowest BCUT2D eigenvalue weighted by Crippen LogP contribution is -2.37. The molecule has 0 fully saturated rings. The Morgan fingerprint density at radius 1 is 1.09 bits per heavy atom. The van der Waals surface area contributed by atoms with Crippen molar-refractivity contribution < 1.29 is 14.0 Å². The number of hydrogen-bond donors (Lipinski definition) is 1. The standard InChI is InChI=1S/C18H19FN2O2/c1-12-5-4-6-17(13(12)2)21(14(3)22)11-18(23)20-16-9-7-15(19)8-10-16/h4-10H,11H2,1-3H3,(H,20,23). The van der Waals surface area contributed by atoms with E-state index in [0.717, 1.165) is 11.1 Å². The highest BCUT2D eigenvalue weighted by molar-refractivity contribution is 6.02. The average molecular weight is 314 g/mol. The fourth-order valence-corrected chi connectivity index (χ4v) is 2.27. The number of rotatable bonds is 4. The summed E-state index contributed by atoms with van der Waals surface area (Å²) in [6, 6.07) is 11.1. The van der Waals surface area contributed by atoms with Crippen LogP contribution in [0.15, 0.2) is 42.5 Å². The SMILES string of the molecule is CC(=O)N(CC(=O)Nc1ccc(F)cc1)c1cccc(C)c1C. The molecule has 2 amide bonds. The van der Waals surface area contributed by atoms with Crippen molar-refractivity contribution >= 4 is 23.2 Å². The van der Waals surface area contributed by atoms with Crippen LogP contribution in [0, 0.1) is 19.7 Å². The second kappa shape index (κ2) is 7.05. The van der Waals surface area contributed by atoms with Gasteiger partial charge in [-0.05, 0) is 55.3 Å². The van der Waals surface area contributed by atoms with E-state index in [1.165, 1.54) is 36.1 Å². The van der Waals surface area contributed by atoms with E-state index in [0.29, 0.717) is 11.4 Å². The van der Waals surface area contributed by atoms with E-state index in [1.807, 2.05) is 32.0 Å². The van der Waals surface area contributed by atoms with Crippen LogP contribution in [-0.4, -0.2) is 18.4 Å². The van der Waals surface area contributed by atoms with E-state index >= 15 is 0 Å². The van der Waals surface area contributed by atoms with Crippen LogP contribution in [0.4, 0.5) is 15.8 Å². The monoisotopic (exact) mass is 314 g/mol. The zero-order chi connectivity index (χ0) is 17.0. The molecule has 0 heterocycles. The van der Waals surface area contributed by atoms with Crippen LogP contribution < -0.4 is 10.2 Å². The molecule has 0 aliphatic heterocycles. The predicted molar refractivity (Wildman–Crippen MR) is 89.0 cm³/mol. The molecule has 0 aliphatic carbocycles. The van der Waals surface area contributed by atoms with Crippen molar-refractivity contribution in [1.29, 1.82) is 0 Å². The van der Waals surface area contributed by atoms with Crippen LogP contribution in [-0.2, 0) is 9.59 Å². The van der Waals surface area contributed by atoms with E-state index in [-0.39, 0.29) is 24.2 Å². The Balaban J connectivity index is 2.16. The molecule has 2 rings (SSSR count). The molecular formula is C18H19FN2O2. The van der Waals surface area contributed by atoms with Crippen molar-refractivity contribution in [3.63, 3.8) is 0 Å². The van der Waals surface area contributed by atoms with Gasteiger partial charge in [0.15, 0.2) is 0 Å². The third-order valence-corrected chi connectivity index (χ3v) is 3.68. The van der Waals surface area contributed by atoms with Gasteiger partial charge in [0.05, 0.1) is 0 Å². The minimum absolute atomic E-state index is 0.100. The zero-order valence-corrected chi connectivity index (χ0v) is 13.4. The van der Waals surface area contributed by atoms with Gasteiger partial charge in [-0.3, -0.25) is 9.59 Å². The van der Waals surface area contributed by atoms with Crippen molar-refractivity contribution in [2.24, 2.45) is 0 Å². The van der Waals surface area contributed by atoms with Crippen molar-refractivity contribution in [3.8, 4) is 0 Å². The molecule has 0 saturated carbocycles. The minimum Gasteiger partial charge on any atom is -0.325 e. The molecule has 0 spiro atoms. The summed E-state index contributed by atoms with van der Waals surface area (Å²) < 4.78 is 12.9. The van der Waals surface area contributed by atoms with Gasteiger partial charge in [-0.1, -0.05) is 12.1 Å². The normalized spacial score (nSPS) is 10.3. The molecule has 5 heteroatoms. The molecule has 4 nitrogen and oxygen atoms in total. The highest BCUT2D eigenvalue weighted by Gasteiger charge is 2.18. The Kier molecular flexibility index (Phi) is 5.11. The first kappa shape index (κ1) is 16.7. The summed E-state index contributed by atoms with van der Waals surface area (Å²) in [7, 11) is 0. The summed E-state index contributed by atoms with van der Waals surface area (Å²) in [5.41, 5.74) is 3.21. The number of hydrogen-bond acceptors (Lipinski definition) is 2. The summed E-state index contributed by atoms with van der Waals surface area (Å²) in [5.74, 6) is -0.926. The highest BCUT2D eigenvalue weighted by Crippen LogP contribution is 2.23. The summed E-state index contributed by atoms with van der Waals surface area (Å²) >= 11 is 0. The number of benzene rings is 2. The van der Waals surface area contributed by atoms with E-state index in [2.05, 4.69) is 5.32 Å². The van der Waals surface area contributed by atoms with Gasteiger partial charge in [-0.25, -0.2) is 4.39 Å². The van der Waals surface area contributed by atoms with Crippen LogP contribution in [0.25, 0.3) is 0 Å². The fourth-order valence-electron chi connectivity index (χ4n) is 2.27. The molecule has 0 bridgehead atoms. The van der Waals surface area contributed by atoms with Gasteiger partial charge >= 0.3 is 0 Å². The number of amides is 2. The molecule has 2 aromatic carbocycles. The number of nitrogens with one attached hydrogen (secondary N) is 1. The minimum atomic E-state index is -0.372. The number of aryl methyl sites for hydroxylation is 1. The van der Waals surface area contributed by atoms with Gasteiger partial charge < -0.3 is 10.2 Å². The topological polar surface area (TPSA) is 49.4 Å². The Hall–Kier alpha value is -2.69. The van der Waals surface area contributed by atoms with Gasteiger partial charge in [0, 0.05) is 18.3 Å². The first-order valence-electron chi connectivity index (χ1n) is 7.28. The summed E-state index contributed by atoms with van der Waals surface area (Å²) in [5, 5.41) is 2.66. The lowest BCUT2D eigenvalue weighted by molar-refractivity contribution is -0.120. The molecule has 0 unspecified atom stereocenters. The molecule has 0 radical (unpaired) electrons. The summed E-state index contributed by atoms with van der Waals surface area (Å²) in [6.07, 6.45) is 0. The largest absolute Gasteiger partial charge is 0.325 e. The van der Waals surface area contributed by atoms with Gasteiger partial charge in [-0.2, -0.15) is 0 Å². The number of anilines is 2. The van der Waals surface area contributed by atoms with Crippen LogP contribution in [0.3, 0.4) is 0 Å². The first-order chi connectivity index (χ1) is 10.9. The predicted octanol–water partition coefficient (Wildman–Crippen LogP) is 3.43. The zero-order valence-electron chi connectivity index (χ0n) is 13.4. The number of carbonyl (C=O) groups is 2. The second-order valence-electron chi connectivity index (χ2n) is 5.38. The maximum atomic E-state index is 12.9. The molecular weight excluding hydrogens is 295 g/mol. The van der Waals surface area contributed by atoms with Crippen molar-refractivity contribution in [2.45, 2.75) is 20.8 Å². The Bertz CT molecular complexity index is 726. The van der Waals surface area contributed by atoms with Gasteiger partial charge in [-0.15, -0.1) is 0 Å². The maximum absolute atomic E-state index is 12.9. The van der Waals surface area contributed by atoms with Gasteiger partial charge in [0.25, 0.3) is 0 Å². The van der Waals surface area contributed by atoms with Crippen molar-refractivity contribution in [2.75, 3.05) is 16.8 Å². The van der Waals surface area contributed by atoms with Crippen molar-refractivity contribution in [3.05, 3.63) is 59.4 Å². The highest BCUT2D eigenvalue weighted by atomic mass is 19.1. The van der Waals surface area contributed by atoms with E-state index in [1.54, 1.807) is 0 Å². The first-order valence-corrected chi connectivity index (χ1v) is 7.28. The molecule has 1 N–H and O–H groups in total. The van der Waals surface area contributed by atoms with Gasteiger partial charge in [0.2, 0.25) is 11.8 Å². The maximum Gasteiger partial charge on any atom is 0.244 e. The van der Waals surface area contributed by atoms with Crippen LogP contribution in [0.2, 0.25) is 0 Å². The molecule has 0 atom stereocenters. The summed E-state index contributed by atoms with van der Waals surface area (Å²) in [6.45, 7) is 5.19. The Morgan fingerprint density at radius 2 is 1.74 bits per heavy atom. The summed E-state index contributed by atoms with van der Waals surface area (Å²) in [4.78, 5) is 25.6. The number of nitrogens with zero attached hydrogens (tertiary/aromatic N) is 1. The third kappa shape index (κ3) is 4.16. The molecule has 0 saturated heterocycles. The quantitative estimate of drug-likeness (QED) is 0.940. The molecule has 0 aliphatic rings. The Labute approximate surface area is 134 Å². The van der Waals surface area contributed by atoms with Crippen LogP contribution in [0.1, 0.15) is 18.1 Å². The van der Waals surface area contributed by atoms with Crippen LogP contribution in [0.5, 0.6) is 0 Å².